The van der Waals surface area contributed by atoms with Gasteiger partial charge >= 0.3 is 0 Å². The van der Waals surface area contributed by atoms with Crippen LogP contribution in [0.25, 0.3) is 0 Å². The predicted octanol–water partition coefficient (Wildman–Crippen LogP) is 4.11. The molecule has 1 aliphatic heterocycles. The third-order valence-electron chi connectivity index (χ3n) is 4.10. The molecule has 0 N–H and O–H groups in total. The molecule has 2 heterocycles. The van der Waals surface area contributed by atoms with Crippen molar-refractivity contribution in [2.75, 3.05) is 31.6 Å². The molecule has 0 spiro atoms. The minimum absolute atomic E-state index is 0.123. The van der Waals surface area contributed by atoms with E-state index in [-0.39, 0.29) is 6.10 Å². The Morgan fingerprint density at radius 2 is 1.96 bits per heavy atom. The standard InChI is InChI=1S/C18H21Cl2N3O/c1-3-23-12-14(24-16-7-5-4-6-15(16)23)11-22(2)10-13-8-17(19)21-18(20)9-13/h4-9,14H,3,10-12H2,1-2H3/t14-/m1/s1. The zero-order chi connectivity index (χ0) is 17.1. The van der Waals surface area contributed by atoms with Crippen LogP contribution in [0.2, 0.25) is 10.3 Å². The highest BCUT2D eigenvalue weighted by Gasteiger charge is 2.25. The first kappa shape index (κ1) is 17.3. The van der Waals surface area contributed by atoms with E-state index in [2.05, 4.69) is 34.8 Å². The van der Waals surface area contributed by atoms with Gasteiger partial charge in [0.05, 0.1) is 12.2 Å². The summed E-state index contributed by atoms with van der Waals surface area (Å²) in [5.41, 5.74) is 2.22. The van der Waals surface area contributed by atoms with Gasteiger partial charge in [0.1, 0.15) is 22.2 Å². The van der Waals surface area contributed by atoms with E-state index in [0.717, 1.165) is 37.5 Å². The first-order valence-corrected chi connectivity index (χ1v) is 8.82. The molecule has 1 aromatic carbocycles. The van der Waals surface area contributed by atoms with Gasteiger partial charge in [-0.1, -0.05) is 35.3 Å². The van der Waals surface area contributed by atoms with Gasteiger partial charge in [-0.05, 0) is 43.8 Å². The van der Waals surface area contributed by atoms with E-state index in [4.69, 9.17) is 27.9 Å². The number of benzene rings is 1. The number of pyridine rings is 1. The lowest BCUT2D eigenvalue weighted by Crippen LogP contribution is -2.45. The number of hydrogen-bond acceptors (Lipinski definition) is 4. The molecule has 2 aromatic rings. The van der Waals surface area contributed by atoms with Crippen LogP contribution in [-0.4, -0.2) is 42.7 Å². The Morgan fingerprint density at radius 3 is 2.67 bits per heavy atom. The quantitative estimate of drug-likeness (QED) is 0.745. The molecule has 4 nitrogen and oxygen atoms in total. The lowest BCUT2D eigenvalue weighted by Gasteiger charge is -2.37. The molecule has 1 aromatic heterocycles. The third-order valence-corrected chi connectivity index (χ3v) is 4.48. The first-order chi connectivity index (χ1) is 11.5. The van der Waals surface area contributed by atoms with Gasteiger partial charge < -0.3 is 9.64 Å². The van der Waals surface area contributed by atoms with Crippen molar-refractivity contribution >= 4 is 28.9 Å². The van der Waals surface area contributed by atoms with Gasteiger partial charge in [-0.2, -0.15) is 0 Å². The molecule has 0 radical (unpaired) electrons. The second-order valence-electron chi connectivity index (χ2n) is 6.06. The summed E-state index contributed by atoms with van der Waals surface area (Å²) in [6.45, 7) is 5.59. The van der Waals surface area contributed by atoms with Gasteiger partial charge in [-0.25, -0.2) is 4.98 Å². The first-order valence-electron chi connectivity index (χ1n) is 8.06. The molecular weight excluding hydrogens is 345 g/mol. The molecule has 0 aliphatic carbocycles. The van der Waals surface area contributed by atoms with Crippen LogP contribution in [-0.2, 0) is 6.54 Å². The zero-order valence-electron chi connectivity index (χ0n) is 13.9. The summed E-state index contributed by atoms with van der Waals surface area (Å²) in [4.78, 5) is 8.56. The molecular formula is C18H21Cl2N3O. The fourth-order valence-corrected chi connectivity index (χ4v) is 3.61. The summed E-state index contributed by atoms with van der Waals surface area (Å²) < 4.78 is 6.17. The van der Waals surface area contributed by atoms with Gasteiger partial charge in [0.25, 0.3) is 0 Å². The highest BCUT2D eigenvalue weighted by molar-refractivity contribution is 6.32. The molecule has 24 heavy (non-hydrogen) atoms. The molecule has 0 saturated heterocycles. The molecule has 128 valence electrons. The number of fused-ring (bicyclic) bond motifs is 1. The second-order valence-corrected chi connectivity index (χ2v) is 6.84. The number of likely N-dealkylation sites (N-methyl/N-ethyl adjacent to an activating group) is 2. The second kappa shape index (κ2) is 7.60. The SMILES string of the molecule is CCN1C[C@@H](CN(C)Cc2cc(Cl)nc(Cl)c2)Oc2ccccc21. The van der Waals surface area contributed by atoms with Crippen molar-refractivity contribution in [1.29, 1.82) is 0 Å². The van der Waals surface area contributed by atoms with Crippen molar-refractivity contribution in [3.8, 4) is 5.75 Å². The van der Waals surface area contributed by atoms with E-state index in [1.54, 1.807) is 0 Å². The van der Waals surface area contributed by atoms with E-state index in [1.807, 2.05) is 30.3 Å². The van der Waals surface area contributed by atoms with E-state index in [1.165, 1.54) is 5.69 Å². The number of nitrogens with zero attached hydrogens (tertiary/aromatic N) is 3. The topological polar surface area (TPSA) is 28.6 Å². The van der Waals surface area contributed by atoms with Gasteiger partial charge in [0, 0.05) is 19.6 Å². The Labute approximate surface area is 152 Å². The number of para-hydroxylation sites is 2. The van der Waals surface area contributed by atoms with Crippen LogP contribution in [0.1, 0.15) is 12.5 Å². The molecule has 6 heteroatoms. The van der Waals surface area contributed by atoms with E-state index in [9.17, 15) is 0 Å². The Bertz CT molecular complexity index is 690. The van der Waals surface area contributed by atoms with Crippen molar-refractivity contribution in [1.82, 2.24) is 9.88 Å². The molecule has 0 fully saturated rings. The number of aromatic nitrogens is 1. The normalized spacial score (nSPS) is 16.9. The number of hydrogen-bond donors (Lipinski definition) is 0. The number of ether oxygens (including phenoxy) is 1. The summed E-state index contributed by atoms with van der Waals surface area (Å²) in [7, 11) is 2.07. The smallest absolute Gasteiger partial charge is 0.143 e. The fraction of sp³-hybridized carbons (Fsp3) is 0.389. The van der Waals surface area contributed by atoms with E-state index < -0.39 is 0 Å². The molecule has 3 rings (SSSR count). The van der Waals surface area contributed by atoms with Crippen LogP contribution >= 0.6 is 23.2 Å². The Kier molecular flexibility index (Phi) is 5.49. The number of anilines is 1. The summed E-state index contributed by atoms with van der Waals surface area (Å²) in [6.07, 6.45) is 0.123. The van der Waals surface area contributed by atoms with Crippen molar-refractivity contribution < 1.29 is 4.74 Å². The lowest BCUT2D eigenvalue weighted by atomic mass is 10.1. The molecule has 0 saturated carbocycles. The summed E-state index contributed by atoms with van der Waals surface area (Å²) in [5, 5.41) is 0.844. The van der Waals surface area contributed by atoms with Crippen molar-refractivity contribution in [2.24, 2.45) is 0 Å². The average molecular weight is 366 g/mol. The van der Waals surface area contributed by atoms with Gasteiger partial charge in [0.2, 0.25) is 0 Å². The molecule has 0 bridgehead atoms. The van der Waals surface area contributed by atoms with Gasteiger partial charge in [-0.15, -0.1) is 0 Å². The number of halogens is 2. The Balaban J connectivity index is 1.65. The van der Waals surface area contributed by atoms with Crippen LogP contribution in [0.3, 0.4) is 0 Å². The molecule has 0 unspecified atom stereocenters. The predicted molar refractivity (Wildman–Crippen MR) is 99.3 cm³/mol. The maximum atomic E-state index is 6.17. The van der Waals surface area contributed by atoms with Crippen molar-refractivity contribution in [3.63, 3.8) is 0 Å². The maximum Gasteiger partial charge on any atom is 0.143 e. The Morgan fingerprint density at radius 1 is 1.25 bits per heavy atom. The van der Waals surface area contributed by atoms with Gasteiger partial charge in [0.15, 0.2) is 0 Å². The zero-order valence-corrected chi connectivity index (χ0v) is 15.4. The molecule has 1 aliphatic rings. The van der Waals surface area contributed by atoms with Crippen LogP contribution in [0.5, 0.6) is 5.75 Å². The van der Waals surface area contributed by atoms with E-state index >= 15 is 0 Å². The lowest BCUT2D eigenvalue weighted by molar-refractivity contribution is 0.140. The Hall–Kier alpha value is -1.49. The monoisotopic (exact) mass is 365 g/mol. The van der Waals surface area contributed by atoms with Crippen LogP contribution in [0.15, 0.2) is 36.4 Å². The average Bonchev–Trinajstić information content (AvgIpc) is 2.52. The molecule has 1 atom stereocenters. The largest absolute Gasteiger partial charge is 0.485 e. The summed E-state index contributed by atoms with van der Waals surface area (Å²) in [5.74, 6) is 0.957. The minimum atomic E-state index is 0.123. The van der Waals surface area contributed by atoms with Gasteiger partial charge in [-0.3, -0.25) is 4.90 Å². The molecule has 0 amide bonds. The van der Waals surface area contributed by atoms with Crippen LogP contribution in [0, 0.1) is 0 Å². The van der Waals surface area contributed by atoms with Crippen molar-refractivity contribution in [2.45, 2.75) is 19.6 Å². The highest BCUT2D eigenvalue weighted by Crippen LogP contribution is 2.32. The number of rotatable bonds is 5. The summed E-state index contributed by atoms with van der Waals surface area (Å²) >= 11 is 11.9. The van der Waals surface area contributed by atoms with Crippen molar-refractivity contribution in [3.05, 3.63) is 52.3 Å². The minimum Gasteiger partial charge on any atom is -0.485 e. The van der Waals surface area contributed by atoms with Crippen LogP contribution in [0.4, 0.5) is 5.69 Å². The fourth-order valence-electron chi connectivity index (χ4n) is 3.10. The maximum absolute atomic E-state index is 6.17. The van der Waals surface area contributed by atoms with Crippen LogP contribution < -0.4 is 9.64 Å². The van der Waals surface area contributed by atoms with E-state index in [0.29, 0.717) is 10.3 Å². The third kappa shape index (κ3) is 4.12. The summed E-state index contributed by atoms with van der Waals surface area (Å²) in [6, 6.07) is 11.9. The highest BCUT2D eigenvalue weighted by atomic mass is 35.5.